The number of carbonyl (C=O) groups is 2. The predicted octanol–water partition coefficient (Wildman–Crippen LogP) is 4.94. The standard InChI is InChI=1S/C30H35Cl2N3O6S/c1-5-15-33-30(37)27(17-21-9-7-6-8-10-21)34(19-22-11-13-24(31)25(32)16-22)29(36)20-35(42(4,38)39)26-14-12-23(40-2)18-28(26)41-3/h6-14,16,18,27H,5,15,17,19-20H2,1-4H3,(H,33,37)/t27-/m1/s1. The van der Waals surface area contributed by atoms with Crippen LogP contribution in [0, 0.1) is 0 Å². The van der Waals surface area contributed by atoms with E-state index in [1.807, 2.05) is 37.3 Å². The van der Waals surface area contributed by atoms with E-state index in [1.54, 1.807) is 24.3 Å². The first kappa shape index (κ1) is 33.0. The molecule has 0 aromatic heterocycles. The Bertz CT molecular complexity index is 1490. The Morgan fingerprint density at radius 2 is 1.64 bits per heavy atom. The Morgan fingerprint density at radius 3 is 2.24 bits per heavy atom. The van der Waals surface area contributed by atoms with Crippen LogP contribution in [0.5, 0.6) is 11.5 Å². The third kappa shape index (κ3) is 8.77. The van der Waals surface area contributed by atoms with E-state index in [0.29, 0.717) is 29.3 Å². The van der Waals surface area contributed by atoms with Crippen molar-refractivity contribution in [2.45, 2.75) is 32.4 Å². The van der Waals surface area contributed by atoms with Gasteiger partial charge in [-0.15, -0.1) is 0 Å². The average Bonchev–Trinajstić information content (AvgIpc) is 2.97. The molecule has 0 heterocycles. The van der Waals surface area contributed by atoms with E-state index in [9.17, 15) is 18.0 Å². The summed E-state index contributed by atoms with van der Waals surface area (Å²) in [6, 6.07) is 17.9. The van der Waals surface area contributed by atoms with Gasteiger partial charge in [0.25, 0.3) is 0 Å². The molecule has 3 aromatic rings. The second kappa shape index (κ2) is 15.1. The van der Waals surface area contributed by atoms with Gasteiger partial charge in [0.2, 0.25) is 21.8 Å². The zero-order valence-corrected chi connectivity index (χ0v) is 26.3. The van der Waals surface area contributed by atoms with Crippen molar-refractivity contribution in [1.29, 1.82) is 0 Å². The number of halogens is 2. The summed E-state index contributed by atoms with van der Waals surface area (Å²) >= 11 is 12.4. The largest absolute Gasteiger partial charge is 0.497 e. The molecule has 0 saturated heterocycles. The smallest absolute Gasteiger partial charge is 0.244 e. The molecule has 0 saturated carbocycles. The Kier molecular flexibility index (Phi) is 11.9. The minimum absolute atomic E-state index is 0.0237. The van der Waals surface area contributed by atoms with Crippen LogP contribution in [-0.4, -0.2) is 64.7 Å². The molecule has 3 aromatic carbocycles. The Morgan fingerprint density at radius 1 is 0.929 bits per heavy atom. The van der Waals surface area contributed by atoms with Crippen LogP contribution in [0.1, 0.15) is 24.5 Å². The highest BCUT2D eigenvalue weighted by Crippen LogP contribution is 2.34. The number of ether oxygens (including phenoxy) is 2. The lowest BCUT2D eigenvalue weighted by atomic mass is 10.0. The van der Waals surface area contributed by atoms with Gasteiger partial charge in [-0.1, -0.05) is 66.5 Å². The minimum Gasteiger partial charge on any atom is -0.497 e. The first-order valence-corrected chi connectivity index (χ1v) is 15.8. The third-order valence-electron chi connectivity index (χ3n) is 6.49. The molecule has 226 valence electrons. The number of sulfonamides is 1. The topological polar surface area (TPSA) is 105 Å². The van der Waals surface area contributed by atoms with E-state index in [0.717, 1.165) is 16.1 Å². The van der Waals surface area contributed by atoms with Gasteiger partial charge in [0.05, 0.1) is 36.2 Å². The van der Waals surface area contributed by atoms with E-state index in [1.165, 1.54) is 31.3 Å². The lowest BCUT2D eigenvalue weighted by molar-refractivity contribution is -0.140. The summed E-state index contributed by atoms with van der Waals surface area (Å²) in [7, 11) is -1.11. The Hall–Kier alpha value is -3.47. The zero-order valence-electron chi connectivity index (χ0n) is 24.0. The molecule has 0 radical (unpaired) electrons. The zero-order chi connectivity index (χ0) is 30.9. The van der Waals surface area contributed by atoms with Gasteiger partial charge in [0.15, 0.2) is 0 Å². The second-order valence-corrected chi connectivity index (χ2v) is 12.3. The van der Waals surface area contributed by atoms with Crippen molar-refractivity contribution >= 4 is 50.7 Å². The maximum atomic E-state index is 14.2. The van der Waals surface area contributed by atoms with Crippen LogP contribution in [-0.2, 0) is 32.6 Å². The van der Waals surface area contributed by atoms with Crippen molar-refractivity contribution in [2.24, 2.45) is 0 Å². The fraction of sp³-hybridized carbons (Fsp3) is 0.333. The normalized spacial score (nSPS) is 11.9. The van der Waals surface area contributed by atoms with Gasteiger partial charge in [-0.25, -0.2) is 8.42 Å². The molecule has 0 spiro atoms. The molecule has 0 bridgehead atoms. The lowest BCUT2D eigenvalue weighted by Gasteiger charge is -2.33. The van der Waals surface area contributed by atoms with Crippen molar-refractivity contribution in [3.05, 3.63) is 87.9 Å². The first-order chi connectivity index (χ1) is 20.0. The molecular weight excluding hydrogens is 601 g/mol. The van der Waals surface area contributed by atoms with Crippen molar-refractivity contribution in [2.75, 3.05) is 37.9 Å². The number of rotatable bonds is 14. The highest BCUT2D eigenvalue weighted by Gasteiger charge is 2.33. The number of hydrogen-bond donors (Lipinski definition) is 1. The number of nitrogens with zero attached hydrogens (tertiary/aromatic N) is 2. The van der Waals surface area contributed by atoms with Crippen molar-refractivity contribution in [3.63, 3.8) is 0 Å². The maximum Gasteiger partial charge on any atom is 0.244 e. The second-order valence-electron chi connectivity index (χ2n) is 9.57. The van der Waals surface area contributed by atoms with Crippen LogP contribution in [0.4, 0.5) is 5.69 Å². The highest BCUT2D eigenvalue weighted by molar-refractivity contribution is 7.92. The molecule has 1 N–H and O–H groups in total. The quantitative estimate of drug-likeness (QED) is 0.269. The molecule has 0 aliphatic heterocycles. The highest BCUT2D eigenvalue weighted by atomic mass is 35.5. The molecule has 12 heteroatoms. The molecule has 2 amide bonds. The summed E-state index contributed by atoms with van der Waals surface area (Å²) < 4.78 is 37.7. The van der Waals surface area contributed by atoms with Crippen LogP contribution in [0.3, 0.4) is 0 Å². The van der Waals surface area contributed by atoms with E-state index in [2.05, 4.69) is 5.32 Å². The summed E-state index contributed by atoms with van der Waals surface area (Å²) in [4.78, 5) is 29.1. The number of nitrogens with one attached hydrogen (secondary N) is 1. The summed E-state index contributed by atoms with van der Waals surface area (Å²) in [6.45, 7) is 1.73. The average molecular weight is 637 g/mol. The van der Waals surface area contributed by atoms with Crippen LogP contribution >= 0.6 is 23.2 Å². The Balaban J connectivity index is 2.10. The van der Waals surface area contributed by atoms with Crippen LogP contribution in [0.25, 0.3) is 0 Å². The van der Waals surface area contributed by atoms with E-state index in [4.69, 9.17) is 32.7 Å². The van der Waals surface area contributed by atoms with Crippen molar-refractivity contribution in [3.8, 4) is 11.5 Å². The van der Waals surface area contributed by atoms with E-state index >= 15 is 0 Å². The minimum atomic E-state index is -3.98. The van der Waals surface area contributed by atoms with Gasteiger partial charge in [0, 0.05) is 25.6 Å². The molecule has 0 fully saturated rings. The van der Waals surface area contributed by atoms with Crippen molar-refractivity contribution in [1.82, 2.24) is 10.2 Å². The maximum absolute atomic E-state index is 14.2. The first-order valence-electron chi connectivity index (χ1n) is 13.2. The van der Waals surface area contributed by atoms with Gasteiger partial charge in [-0.2, -0.15) is 0 Å². The predicted molar refractivity (Wildman–Crippen MR) is 166 cm³/mol. The molecule has 1 atom stereocenters. The number of amides is 2. The van der Waals surface area contributed by atoms with Gasteiger partial charge in [-0.3, -0.25) is 13.9 Å². The number of hydrogen-bond acceptors (Lipinski definition) is 6. The number of methoxy groups -OCH3 is 2. The molecule has 0 aliphatic rings. The molecule has 0 aliphatic carbocycles. The Labute approximate surface area is 257 Å². The summed E-state index contributed by atoms with van der Waals surface area (Å²) in [5, 5.41) is 3.53. The summed E-state index contributed by atoms with van der Waals surface area (Å²) in [5.74, 6) is -0.309. The van der Waals surface area contributed by atoms with Gasteiger partial charge in [0.1, 0.15) is 24.1 Å². The summed E-state index contributed by atoms with van der Waals surface area (Å²) in [6.07, 6.45) is 1.90. The lowest BCUT2D eigenvalue weighted by Crippen LogP contribution is -2.53. The fourth-order valence-electron chi connectivity index (χ4n) is 4.34. The molecular formula is C30H35Cl2N3O6S. The van der Waals surface area contributed by atoms with Gasteiger partial charge >= 0.3 is 0 Å². The monoisotopic (exact) mass is 635 g/mol. The van der Waals surface area contributed by atoms with Crippen molar-refractivity contribution < 1.29 is 27.5 Å². The number of benzene rings is 3. The molecule has 3 rings (SSSR count). The SMILES string of the molecule is CCCNC(=O)[C@@H](Cc1ccccc1)N(Cc1ccc(Cl)c(Cl)c1)C(=O)CN(c1ccc(OC)cc1OC)S(C)(=O)=O. The van der Waals surface area contributed by atoms with Gasteiger partial charge < -0.3 is 19.7 Å². The number of carbonyl (C=O) groups excluding carboxylic acids is 2. The van der Waals surface area contributed by atoms with Crippen LogP contribution < -0.4 is 19.1 Å². The summed E-state index contributed by atoms with van der Waals surface area (Å²) in [5.41, 5.74) is 1.60. The molecule has 0 unspecified atom stereocenters. The number of anilines is 1. The van der Waals surface area contributed by atoms with E-state index < -0.39 is 28.5 Å². The van der Waals surface area contributed by atoms with Crippen LogP contribution in [0.2, 0.25) is 10.0 Å². The third-order valence-corrected chi connectivity index (χ3v) is 8.36. The fourth-order valence-corrected chi connectivity index (χ4v) is 5.51. The van der Waals surface area contributed by atoms with Crippen LogP contribution in [0.15, 0.2) is 66.7 Å². The van der Waals surface area contributed by atoms with E-state index in [-0.39, 0.29) is 35.3 Å². The molecule has 9 nitrogen and oxygen atoms in total. The van der Waals surface area contributed by atoms with Gasteiger partial charge in [-0.05, 0) is 41.8 Å². The molecule has 42 heavy (non-hydrogen) atoms.